The molecule has 1 amide bonds. The third kappa shape index (κ3) is 4.09. The highest BCUT2D eigenvalue weighted by Crippen LogP contribution is 2.23. The van der Waals surface area contributed by atoms with Gasteiger partial charge in [-0.05, 0) is 32.9 Å². The van der Waals surface area contributed by atoms with E-state index in [1.807, 2.05) is 45.0 Å². The topological polar surface area (TPSA) is 68.0 Å². The molecule has 20 heavy (non-hydrogen) atoms. The molecule has 0 aliphatic heterocycles. The van der Waals surface area contributed by atoms with E-state index in [9.17, 15) is 4.79 Å². The number of aromatic nitrogens is 2. The maximum absolute atomic E-state index is 11.5. The van der Waals surface area contributed by atoms with Gasteiger partial charge in [0.25, 0.3) is 5.22 Å². The number of carbonyl (C=O) groups excluding carboxylic acids is 1. The van der Waals surface area contributed by atoms with Crippen LogP contribution in [0.3, 0.4) is 0 Å². The number of benzene rings is 1. The van der Waals surface area contributed by atoms with Crippen LogP contribution >= 0.6 is 11.8 Å². The molecule has 0 radical (unpaired) electrons. The van der Waals surface area contributed by atoms with E-state index in [0.717, 1.165) is 5.56 Å². The van der Waals surface area contributed by atoms with Gasteiger partial charge in [-0.1, -0.05) is 29.5 Å². The van der Waals surface area contributed by atoms with Gasteiger partial charge in [0.2, 0.25) is 11.8 Å². The van der Waals surface area contributed by atoms with Crippen LogP contribution < -0.4 is 5.32 Å². The number of amides is 1. The fraction of sp³-hybridized carbons (Fsp3) is 0.357. The Kier molecular flexibility index (Phi) is 4.79. The van der Waals surface area contributed by atoms with E-state index in [-0.39, 0.29) is 17.7 Å². The molecule has 0 atom stereocenters. The molecule has 2 rings (SSSR count). The van der Waals surface area contributed by atoms with Gasteiger partial charge in [-0.2, -0.15) is 0 Å². The minimum absolute atomic E-state index is 0.0416. The molecular weight excluding hydrogens is 274 g/mol. The van der Waals surface area contributed by atoms with Gasteiger partial charge in [-0.25, -0.2) is 0 Å². The van der Waals surface area contributed by atoms with Crippen molar-refractivity contribution < 1.29 is 9.21 Å². The van der Waals surface area contributed by atoms with Crippen molar-refractivity contribution in [1.29, 1.82) is 0 Å². The molecule has 1 aromatic heterocycles. The summed E-state index contributed by atoms with van der Waals surface area (Å²) in [6, 6.07) is 7.98. The molecule has 1 N–H and O–H groups in total. The second-order valence-electron chi connectivity index (χ2n) is 4.75. The predicted molar refractivity (Wildman–Crippen MR) is 78.5 cm³/mol. The van der Waals surface area contributed by atoms with Crippen molar-refractivity contribution in [3.8, 4) is 11.5 Å². The van der Waals surface area contributed by atoms with Crippen molar-refractivity contribution in [3.05, 3.63) is 29.8 Å². The minimum atomic E-state index is -0.0416. The van der Waals surface area contributed by atoms with Crippen LogP contribution in [0.1, 0.15) is 19.4 Å². The maximum Gasteiger partial charge on any atom is 0.277 e. The van der Waals surface area contributed by atoms with Crippen molar-refractivity contribution in [2.24, 2.45) is 0 Å². The van der Waals surface area contributed by atoms with Crippen LogP contribution in [0.4, 0.5) is 0 Å². The Morgan fingerprint density at radius 1 is 1.30 bits per heavy atom. The van der Waals surface area contributed by atoms with Crippen molar-refractivity contribution in [2.45, 2.75) is 32.0 Å². The predicted octanol–water partition coefficient (Wildman–Crippen LogP) is 2.66. The highest BCUT2D eigenvalue weighted by molar-refractivity contribution is 7.99. The molecule has 0 fully saturated rings. The molecule has 0 aliphatic rings. The first-order valence-electron chi connectivity index (χ1n) is 6.37. The molecule has 106 valence electrons. The summed E-state index contributed by atoms with van der Waals surface area (Å²) in [4.78, 5) is 11.5. The molecule has 0 saturated carbocycles. The SMILES string of the molecule is Cc1ccc(-c2nnc(SCC(=O)NC(C)C)o2)cc1. The zero-order valence-electron chi connectivity index (χ0n) is 11.7. The summed E-state index contributed by atoms with van der Waals surface area (Å²) in [5.74, 6) is 0.699. The lowest BCUT2D eigenvalue weighted by atomic mass is 10.1. The number of aryl methyl sites for hydroxylation is 1. The van der Waals surface area contributed by atoms with Crippen LogP contribution in [0.2, 0.25) is 0 Å². The van der Waals surface area contributed by atoms with Gasteiger partial charge in [-0.15, -0.1) is 10.2 Å². The number of hydrogen-bond acceptors (Lipinski definition) is 5. The molecule has 1 aromatic carbocycles. The van der Waals surface area contributed by atoms with Crippen molar-refractivity contribution >= 4 is 17.7 Å². The number of rotatable bonds is 5. The standard InChI is InChI=1S/C14H17N3O2S/c1-9(2)15-12(18)8-20-14-17-16-13(19-14)11-6-4-10(3)5-7-11/h4-7,9H,8H2,1-3H3,(H,15,18). The van der Waals surface area contributed by atoms with Crippen molar-refractivity contribution in [2.75, 3.05) is 5.75 Å². The van der Waals surface area contributed by atoms with E-state index in [4.69, 9.17) is 4.42 Å². The Morgan fingerprint density at radius 2 is 2.00 bits per heavy atom. The molecule has 0 unspecified atom stereocenters. The quantitative estimate of drug-likeness (QED) is 0.858. The van der Waals surface area contributed by atoms with Gasteiger partial charge in [0.15, 0.2) is 0 Å². The van der Waals surface area contributed by atoms with Crippen LogP contribution in [0.25, 0.3) is 11.5 Å². The van der Waals surface area contributed by atoms with Crippen molar-refractivity contribution in [1.82, 2.24) is 15.5 Å². The highest BCUT2D eigenvalue weighted by atomic mass is 32.2. The van der Waals surface area contributed by atoms with Gasteiger partial charge in [-0.3, -0.25) is 4.79 Å². The van der Waals surface area contributed by atoms with Gasteiger partial charge in [0.05, 0.1) is 5.75 Å². The lowest BCUT2D eigenvalue weighted by Gasteiger charge is -2.06. The molecular formula is C14H17N3O2S. The highest BCUT2D eigenvalue weighted by Gasteiger charge is 2.11. The number of nitrogens with one attached hydrogen (secondary N) is 1. The summed E-state index contributed by atoms with van der Waals surface area (Å²) in [5.41, 5.74) is 2.05. The zero-order chi connectivity index (χ0) is 14.5. The van der Waals surface area contributed by atoms with E-state index < -0.39 is 0 Å². The van der Waals surface area contributed by atoms with Crippen LogP contribution in [0.15, 0.2) is 33.9 Å². The van der Waals surface area contributed by atoms with E-state index in [1.54, 1.807) is 0 Å². The average molecular weight is 291 g/mol. The Bertz CT molecular complexity index is 578. The van der Waals surface area contributed by atoms with Crippen LogP contribution in [0.5, 0.6) is 0 Å². The molecule has 5 nitrogen and oxygen atoms in total. The molecule has 6 heteroatoms. The second kappa shape index (κ2) is 6.56. The summed E-state index contributed by atoms with van der Waals surface area (Å²) in [6.45, 7) is 5.86. The summed E-state index contributed by atoms with van der Waals surface area (Å²) >= 11 is 1.24. The van der Waals surface area contributed by atoms with Gasteiger partial charge in [0.1, 0.15) is 0 Å². The summed E-state index contributed by atoms with van der Waals surface area (Å²) in [5, 5.41) is 11.1. The molecule has 1 heterocycles. The average Bonchev–Trinajstić information content (AvgIpc) is 2.85. The Balaban J connectivity index is 1.95. The molecule has 0 spiro atoms. The number of hydrogen-bond donors (Lipinski definition) is 1. The van der Waals surface area contributed by atoms with Gasteiger partial charge in [0, 0.05) is 11.6 Å². The zero-order valence-corrected chi connectivity index (χ0v) is 12.5. The number of carbonyl (C=O) groups is 1. The third-order valence-electron chi connectivity index (χ3n) is 2.48. The first-order valence-corrected chi connectivity index (χ1v) is 7.36. The number of nitrogens with zero attached hydrogens (tertiary/aromatic N) is 2. The normalized spacial score (nSPS) is 10.8. The smallest absolute Gasteiger partial charge is 0.277 e. The molecule has 0 bridgehead atoms. The van der Waals surface area contributed by atoms with Crippen molar-refractivity contribution in [3.63, 3.8) is 0 Å². The monoisotopic (exact) mass is 291 g/mol. The number of thioether (sulfide) groups is 1. The summed E-state index contributed by atoms with van der Waals surface area (Å²) in [7, 11) is 0. The third-order valence-corrected chi connectivity index (χ3v) is 3.30. The van der Waals surface area contributed by atoms with E-state index in [2.05, 4.69) is 15.5 Å². The van der Waals surface area contributed by atoms with Crippen LogP contribution in [-0.2, 0) is 4.79 Å². The Hall–Kier alpha value is -1.82. The maximum atomic E-state index is 11.5. The van der Waals surface area contributed by atoms with Crippen LogP contribution in [-0.4, -0.2) is 27.9 Å². The fourth-order valence-electron chi connectivity index (χ4n) is 1.57. The molecule has 0 saturated heterocycles. The summed E-state index contributed by atoms with van der Waals surface area (Å²) < 4.78 is 5.53. The lowest BCUT2D eigenvalue weighted by molar-refractivity contribution is -0.119. The largest absolute Gasteiger partial charge is 0.411 e. The first-order chi connectivity index (χ1) is 9.54. The van der Waals surface area contributed by atoms with Crippen LogP contribution in [0, 0.1) is 6.92 Å². The minimum Gasteiger partial charge on any atom is -0.411 e. The summed E-state index contributed by atoms with van der Waals surface area (Å²) in [6.07, 6.45) is 0. The lowest BCUT2D eigenvalue weighted by Crippen LogP contribution is -2.31. The second-order valence-corrected chi connectivity index (χ2v) is 5.68. The van der Waals surface area contributed by atoms with Gasteiger partial charge >= 0.3 is 0 Å². The fourth-order valence-corrected chi connectivity index (χ4v) is 2.15. The van der Waals surface area contributed by atoms with E-state index in [0.29, 0.717) is 11.1 Å². The van der Waals surface area contributed by atoms with Gasteiger partial charge < -0.3 is 9.73 Å². The molecule has 0 aliphatic carbocycles. The Morgan fingerprint density at radius 3 is 2.65 bits per heavy atom. The first kappa shape index (κ1) is 14.6. The molecule has 2 aromatic rings. The Labute approximate surface area is 122 Å². The van der Waals surface area contributed by atoms with E-state index in [1.165, 1.54) is 17.3 Å². The van der Waals surface area contributed by atoms with E-state index >= 15 is 0 Å².